The molecule has 0 unspecified atom stereocenters. The Labute approximate surface area is 75.9 Å². The molecule has 1 aliphatic rings. The number of carbonyl (C=O) groups excluding carboxylic acids is 1. The predicted molar refractivity (Wildman–Crippen MR) is 46.8 cm³/mol. The number of hydrogen-bond donors (Lipinski definition) is 3. The van der Waals surface area contributed by atoms with Crippen molar-refractivity contribution in [2.45, 2.75) is 6.04 Å². The standard InChI is InChI=1S/C9H11NO3/c11-5-8(6-12)10-9(13)7-3-1-2-4-7/h1-3,8,11-12H,5-6H2,(H,10,13). The summed E-state index contributed by atoms with van der Waals surface area (Å²) < 4.78 is 0. The molecule has 3 N–H and O–H groups in total. The molecule has 70 valence electrons. The first-order valence-electron chi connectivity index (χ1n) is 3.94. The average Bonchev–Trinajstić information content (AvgIpc) is 2.66. The largest absolute Gasteiger partial charge is 0.394 e. The highest BCUT2D eigenvalue weighted by Crippen LogP contribution is 2.01. The molecule has 13 heavy (non-hydrogen) atoms. The maximum absolute atomic E-state index is 11.3. The Morgan fingerprint density at radius 2 is 2.23 bits per heavy atom. The zero-order chi connectivity index (χ0) is 9.68. The Balaban J connectivity index is 2.50. The predicted octanol–water partition coefficient (Wildman–Crippen LogP) is -0.893. The Bertz CT molecular complexity index is 283. The lowest BCUT2D eigenvalue weighted by molar-refractivity contribution is -0.118. The summed E-state index contributed by atoms with van der Waals surface area (Å²) in [7, 11) is 0. The summed E-state index contributed by atoms with van der Waals surface area (Å²) >= 11 is 0. The van der Waals surface area contributed by atoms with Gasteiger partial charge in [-0.25, -0.2) is 0 Å². The van der Waals surface area contributed by atoms with Crippen LogP contribution in [0.3, 0.4) is 0 Å². The number of carbonyl (C=O) groups is 1. The molecule has 0 fully saturated rings. The van der Waals surface area contributed by atoms with Gasteiger partial charge in [0.15, 0.2) is 0 Å². The first kappa shape index (κ1) is 9.74. The Morgan fingerprint density at radius 1 is 1.54 bits per heavy atom. The summed E-state index contributed by atoms with van der Waals surface area (Å²) in [6.07, 6.45) is 4.94. The van der Waals surface area contributed by atoms with Crippen LogP contribution in [0.1, 0.15) is 0 Å². The van der Waals surface area contributed by atoms with Crippen LogP contribution in [0, 0.1) is 0 Å². The molecular formula is C9H11NO3. The second-order valence-electron chi connectivity index (χ2n) is 2.62. The van der Waals surface area contributed by atoms with Crippen molar-refractivity contribution in [3.63, 3.8) is 0 Å². The molecule has 0 saturated carbocycles. The fraction of sp³-hybridized carbons (Fsp3) is 0.333. The van der Waals surface area contributed by atoms with E-state index in [1.165, 1.54) is 0 Å². The third-order valence-corrected chi connectivity index (χ3v) is 1.62. The van der Waals surface area contributed by atoms with Crippen molar-refractivity contribution in [2.24, 2.45) is 0 Å². The smallest absolute Gasteiger partial charge is 0.259 e. The number of amides is 1. The van der Waals surface area contributed by atoms with Crippen LogP contribution < -0.4 is 5.32 Å². The van der Waals surface area contributed by atoms with Crippen molar-refractivity contribution >= 4 is 5.91 Å². The van der Waals surface area contributed by atoms with E-state index in [1.807, 2.05) is 0 Å². The van der Waals surface area contributed by atoms with Gasteiger partial charge in [0, 0.05) is 0 Å². The molecule has 0 aromatic carbocycles. The van der Waals surface area contributed by atoms with Crippen LogP contribution in [0.5, 0.6) is 0 Å². The molecule has 1 rings (SSSR count). The molecule has 1 amide bonds. The molecule has 0 aliphatic heterocycles. The second kappa shape index (κ2) is 4.62. The first-order chi connectivity index (χ1) is 6.27. The summed E-state index contributed by atoms with van der Waals surface area (Å²) in [5.41, 5.74) is 3.12. The van der Waals surface area contributed by atoms with E-state index in [0.717, 1.165) is 0 Å². The van der Waals surface area contributed by atoms with E-state index in [4.69, 9.17) is 10.2 Å². The number of hydrogen-bond acceptors (Lipinski definition) is 3. The highest BCUT2D eigenvalue weighted by Gasteiger charge is 2.12. The highest BCUT2D eigenvalue weighted by molar-refractivity contribution is 5.96. The summed E-state index contributed by atoms with van der Waals surface area (Å²) in [5.74, 6) is -0.335. The van der Waals surface area contributed by atoms with Gasteiger partial charge < -0.3 is 15.5 Å². The normalized spacial score (nSPS) is 13.6. The molecule has 4 heteroatoms. The summed E-state index contributed by atoms with van der Waals surface area (Å²) in [4.78, 5) is 11.3. The Kier molecular flexibility index (Phi) is 3.46. The average molecular weight is 181 g/mol. The summed E-state index contributed by atoms with van der Waals surface area (Å²) in [6, 6.07) is -0.601. The lowest BCUT2D eigenvalue weighted by Crippen LogP contribution is -2.40. The van der Waals surface area contributed by atoms with Gasteiger partial charge in [-0.05, 0) is 12.2 Å². The lowest BCUT2D eigenvalue weighted by atomic mass is 10.2. The molecule has 1 aliphatic carbocycles. The van der Waals surface area contributed by atoms with E-state index in [1.54, 1.807) is 18.2 Å². The van der Waals surface area contributed by atoms with Gasteiger partial charge >= 0.3 is 0 Å². The van der Waals surface area contributed by atoms with E-state index in [0.29, 0.717) is 5.57 Å². The SMILES string of the molecule is O=C(NC(CO)CO)C1=C=CC=C1. The summed E-state index contributed by atoms with van der Waals surface area (Å²) in [5, 5.41) is 19.8. The van der Waals surface area contributed by atoms with Gasteiger partial charge in [0.1, 0.15) is 0 Å². The summed E-state index contributed by atoms with van der Waals surface area (Å²) in [6.45, 7) is -0.550. The van der Waals surface area contributed by atoms with Crippen molar-refractivity contribution in [1.82, 2.24) is 5.32 Å². The molecule has 0 radical (unpaired) electrons. The molecule has 0 atom stereocenters. The van der Waals surface area contributed by atoms with Crippen LogP contribution >= 0.6 is 0 Å². The minimum absolute atomic E-state index is 0.275. The van der Waals surface area contributed by atoms with Crippen LogP contribution in [0.2, 0.25) is 0 Å². The molecule has 0 aromatic heterocycles. The van der Waals surface area contributed by atoms with E-state index in [2.05, 4.69) is 11.0 Å². The van der Waals surface area contributed by atoms with Crippen LogP contribution in [-0.4, -0.2) is 35.4 Å². The number of nitrogens with one attached hydrogen (secondary N) is 1. The fourth-order valence-corrected chi connectivity index (χ4v) is 0.884. The maximum Gasteiger partial charge on any atom is 0.259 e. The quantitative estimate of drug-likeness (QED) is 0.493. The van der Waals surface area contributed by atoms with Crippen LogP contribution in [0.15, 0.2) is 29.5 Å². The van der Waals surface area contributed by atoms with Gasteiger partial charge in [-0.15, -0.1) is 5.73 Å². The first-order valence-corrected chi connectivity index (χ1v) is 3.94. The lowest BCUT2D eigenvalue weighted by Gasteiger charge is -2.12. The molecule has 4 nitrogen and oxygen atoms in total. The maximum atomic E-state index is 11.3. The molecule has 0 bridgehead atoms. The van der Waals surface area contributed by atoms with Crippen molar-refractivity contribution in [3.05, 3.63) is 29.5 Å². The van der Waals surface area contributed by atoms with Crippen molar-refractivity contribution in [2.75, 3.05) is 13.2 Å². The Morgan fingerprint density at radius 3 is 2.69 bits per heavy atom. The third-order valence-electron chi connectivity index (χ3n) is 1.62. The van der Waals surface area contributed by atoms with Crippen molar-refractivity contribution in [1.29, 1.82) is 0 Å². The minimum Gasteiger partial charge on any atom is -0.394 e. The van der Waals surface area contributed by atoms with Crippen LogP contribution in [-0.2, 0) is 4.79 Å². The van der Waals surface area contributed by atoms with Crippen molar-refractivity contribution < 1.29 is 15.0 Å². The Hall–Kier alpha value is -1.35. The van der Waals surface area contributed by atoms with Crippen molar-refractivity contribution in [3.8, 4) is 0 Å². The van der Waals surface area contributed by atoms with Gasteiger partial charge in [-0.2, -0.15) is 0 Å². The van der Waals surface area contributed by atoms with Crippen LogP contribution in [0.25, 0.3) is 0 Å². The van der Waals surface area contributed by atoms with Crippen LogP contribution in [0.4, 0.5) is 0 Å². The second-order valence-corrected chi connectivity index (χ2v) is 2.62. The fourth-order valence-electron chi connectivity index (χ4n) is 0.884. The number of aliphatic hydroxyl groups is 2. The van der Waals surface area contributed by atoms with Gasteiger partial charge in [0.05, 0.1) is 24.8 Å². The van der Waals surface area contributed by atoms with E-state index >= 15 is 0 Å². The molecule has 0 saturated heterocycles. The van der Waals surface area contributed by atoms with E-state index in [9.17, 15) is 4.79 Å². The van der Waals surface area contributed by atoms with Gasteiger partial charge in [0.25, 0.3) is 5.91 Å². The van der Waals surface area contributed by atoms with Gasteiger partial charge in [-0.1, -0.05) is 6.08 Å². The molecular weight excluding hydrogens is 170 g/mol. The monoisotopic (exact) mass is 181 g/mol. The number of allylic oxidation sites excluding steroid dienone is 1. The molecule has 0 heterocycles. The topological polar surface area (TPSA) is 69.6 Å². The van der Waals surface area contributed by atoms with Gasteiger partial charge in [0.2, 0.25) is 0 Å². The molecule has 0 aromatic rings. The number of aliphatic hydroxyl groups excluding tert-OH is 2. The van der Waals surface area contributed by atoms with E-state index < -0.39 is 6.04 Å². The van der Waals surface area contributed by atoms with Gasteiger partial charge in [-0.3, -0.25) is 4.79 Å². The zero-order valence-corrected chi connectivity index (χ0v) is 7.03. The third kappa shape index (κ3) is 2.56. The number of rotatable bonds is 4. The minimum atomic E-state index is -0.601. The zero-order valence-electron chi connectivity index (χ0n) is 7.03. The highest BCUT2D eigenvalue weighted by atomic mass is 16.3. The molecule has 0 spiro atoms. The van der Waals surface area contributed by atoms with E-state index in [-0.39, 0.29) is 19.1 Å².